The molecule has 5 fully saturated rings. The van der Waals surface area contributed by atoms with Gasteiger partial charge in [0, 0.05) is 44.3 Å². The van der Waals surface area contributed by atoms with Gasteiger partial charge in [0.2, 0.25) is 0 Å². The number of nitrogens with two attached hydrogens (primary N) is 2. The molecule has 14 atom stereocenters. The lowest BCUT2D eigenvalue weighted by Crippen LogP contribution is -2.94. The molecule has 1 aliphatic heterocycles. The summed E-state index contributed by atoms with van der Waals surface area (Å²) in [6, 6.07) is 0. The fraction of sp³-hybridized carbons (Fsp3) is 0.915. The van der Waals surface area contributed by atoms with Crippen LogP contribution in [0.15, 0.2) is 0 Å². The maximum absolute atomic E-state index is 14.5. The zero-order chi connectivity index (χ0) is 38.9. The van der Waals surface area contributed by atoms with Gasteiger partial charge in [0.1, 0.15) is 17.7 Å². The standard InChI is InChI=1S/C47H77N2O6/c1-3-10-36(29-50)37-25-32(23-31-21-22-49-43(48)26-31)24-34-16-19-38(33-13-8-5-9-14-33)44-35(17-20-41(51)47(54)46(53)40(34)27-37)28-42(55-2)45(52)39(44)18-15-30-11-6-4-7-12-30/h30-40,42-45,47,49-50,52H,3-15,17-18,20-29,48H2,1-2H3/q-1/p+1/t31?,32-,34-,35?,36+,37-,38+,39?,40-,42?,43?,44?,45?,47-/m0/s1. The van der Waals surface area contributed by atoms with E-state index in [1.165, 1.54) is 51.4 Å². The summed E-state index contributed by atoms with van der Waals surface area (Å²) in [5.74, 6) is 8.51. The Morgan fingerprint density at radius 1 is 0.873 bits per heavy atom. The number of carbonyl (C=O) groups excluding carboxylic acids is 2. The Balaban J connectivity index is 1.41. The first kappa shape index (κ1) is 43.2. The van der Waals surface area contributed by atoms with Gasteiger partial charge in [-0.25, -0.2) is 0 Å². The van der Waals surface area contributed by atoms with E-state index in [-0.39, 0.29) is 66.7 Å². The highest BCUT2D eigenvalue weighted by Crippen LogP contribution is 2.51. The monoisotopic (exact) mass is 767 g/mol. The first-order chi connectivity index (χ1) is 26.7. The van der Waals surface area contributed by atoms with Crippen molar-refractivity contribution >= 4 is 11.6 Å². The number of hydrogen-bond acceptors (Lipinski definition) is 7. The molecular weight excluding hydrogens is 689 g/mol. The molecule has 6 rings (SSSR count). The van der Waals surface area contributed by atoms with Crippen LogP contribution in [0.3, 0.4) is 0 Å². The van der Waals surface area contributed by atoms with Crippen LogP contribution in [0.1, 0.15) is 155 Å². The minimum absolute atomic E-state index is 0.0308. The van der Waals surface area contributed by atoms with E-state index in [4.69, 9.17) is 10.5 Å². The highest BCUT2D eigenvalue weighted by molar-refractivity contribution is 6.05. The molecular formula is C47H78N2O6. The molecule has 55 heavy (non-hydrogen) atoms. The molecule has 6 aliphatic rings. The van der Waals surface area contributed by atoms with Crippen LogP contribution in [0.4, 0.5) is 0 Å². The van der Waals surface area contributed by atoms with Crippen molar-refractivity contribution in [2.75, 3.05) is 20.3 Å². The molecule has 0 spiro atoms. The van der Waals surface area contributed by atoms with Crippen LogP contribution in [-0.4, -0.2) is 66.5 Å². The molecule has 1 heterocycles. The number of aliphatic hydroxyl groups excluding tert-OH is 2. The van der Waals surface area contributed by atoms with Crippen molar-refractivity contribution in [1.82, 2.24) is 0 Å². The Morgan fingerprint density at radius 2 is 1.62 bits per heavy atom. The number of quaternary nitrogens is 1. The van der Waals surface area contributed by atoms with E-state index in [9.17, 15) is 24.9 Å². The van der Waals surface area contributed by atoms with E-state index in [1.807, 2.05) is 0 Å². The maximum Gasteiger partial charge on any atom is 0.137 e. The molecule has 4 saturated carbocycles. The molecule has 0 amide bonds. The van der Waals surface area contributed by atoms with Crippen LogP contribution in [0, 0.1) is 82.9 Å². The fourth-order valence-electron chi connectivity index (χ4n) is 13.2. The fourth-order valence-corrected chi connectivity index (χ4v) is 13.2. The Hall–Kier alpha value is -1.34. The van der Waals surface area contributed by atoms with Crippen molar-refractivity contribution in [1.29, 1.82) is 0 Å². The third-order valence-corrected chi connectivity index (χ3v) is 16.2. The zero-order valence-electron chi connectivity index (χ0n) is 34.6. The number of hydrogen-bond donors (Lipinski definition) is 4. The maximum atomic E-state index is 14.5. The van der Waals surface area contributed by atoms with Crippen molar-refractivity contribution in [3.8, 4) is 11.8 Å². The summed E-state index contributed by atoms with van der Waals surface area (Å²) in [5.41, 5.74) is 6.44. The number of carbonyl (C=O) groups is 2. The Kier molecular flexibility index (Phi) is 16.6. The first-order valence-corrected chi connectivity index (χ1v) is 23.3. The molecule has 8 heteroatoms. The lowest BCUT2D eigenvalue weighted by Gasteiger charge is -2.49. The molecule has 1 saturated heterocycles. The summed E-state index contributed by atoms with van der Waals surface area (Å²) in [6.07, 6.45) is 20.3. The summed E-state index contributed by atoms with van der Waals surface area (Å²) in [6.45, 7) is 3.26. The number of fused-ring (bicyclic) bond motifs is 2. The topological polar surface area (TPSA) is 150 Å². The number of rotatable bonds is 11. The summed E-state index contributed by atoms with van der Waals surface area (Å²) >= 11 is 0. The summed E-state index contributed by atoms with van der Waals surface area (Å²) < 4.78 is 6.00. The van der Waals surface area contributed by atoms with Crippen molar-refractivity contribution in [3.63, 3.8) is 0 Å². The van der Waals surface area contributed by atoms with Gasteiger partial charge in [0.15, 0.2) is 0 Å². The predicted molar refractivity (Wildman–Crippen MR) is 214 cm³/mol. The Morgan fingerprint density at radius 3 is 2.31 bits per heavy atom. The van der Waals surface area contributed by atoms with E-state index >= 15 is 0 Å². The lowest BCUT2D eigenvalue weighted by atomic mass is 9.57. The van der Waals surface area contributed by atoms with Crippen LogP contribution >= 0.6 is 0 Å². The Bertz CT molecular complexity index is 1270. The van der Waals surface area contributed by atoms with Gasteiger partial charge in [-0.3, -0.25) is 5.73 Å². The summed E-state index contributed by atoms with van der Waals surface area (Å²) in [4.78, 5) is 28.4. The number of methoxy groups -OCH3 is 1. The second kappa shape index (κ2) is 21.1. The van der Waals surface area contributed by atoms with Gasteiger partial charge in [0.05, 0.1) is 18.8 Å². The third-order valence-electron chi connectivity index (χ3n) is 16.2. The zero-order valence-corrected chi connectivity index (χ0v) is 34.6. The van der Waals surface area contributed by atoms with Crippen LogP contribution in [0.2, 0.25) is 0 Å². The molecule has 0 bridgehead atoms. The predicted octanol–water partition coefficient (Wildman–Crippen LogP) is 5.54. The van der Waals surface area contributed by atoms with E-state index in [1.54, 1.807) is 7.11 Å². The van der Waals surface area contributed by atoms with Crippen molar-refractivity contribution < 1.29 is 35.0 Å². The van der Waals surface area contributed by atoms with Crippen LogP contribution in [0.25, 0.3) is 0 Å². The average molecular weight is 767 g/mol. The lowest BCUT2D eigenvalue weighted by molar-refractivity contribution is -0.699. The largest absolute Gasteiger partial charge is 0.841 e. The van der Waals surface area contributed by atoms with Crippen LogP contribution in [-0.2, 0) is 14.3 Å². The highest BCUT2D eigenvalue weighted by atomic mass is 16.5. The molecule has 0 radical (unpaired) electrons. The number of piperidine rings is 1. The van der Waals surface area contributed by atoms with Crippen LogP contribution in [0.5, 0.6) is 0 Å². The number of aliphatic hydroxyl groups is 2. The summed E-state index contributed by atoms with van der Waals surface area (Å²) in [5, 5.41) is 39.1. The van der Waals surface area contributed by atoms with Gasteiger partial charge < -0.3 is 35.0 Å². The molecule has 6 N–H and O–H groups in total. The van der Waals surface area contributed by atoms with Gasteiger partial charge in [-0.05, 0) is 130 Å². The molecule has 0 aromatic heterocycles. The van der Waals surface area contributed by atoms with Gasteiger partial charge in [-0.1, -0.05) is 83.0 Å². The molecule has 0 aromatic carbocycles. The quantitative estimate of drug-likeness (QED) is 0.159. The van der Waals surface area contributed by atoms with Gasteiger partial charge >= 0.3 is 0 Å². The molecule has 312 valence electrons. The minimum Gasteiger partial charge on any atom is -0.841 e. The smallest absolute Gasteiger partial charge is 0.137 e. The molecule has 5 aliphatic carbocycles. The van der Waals surface area contributed by atoms with Gasteiger partial charge in [0.25, 0.3) is 0 Å². The van der Waals surface area contributed by atoms with Gasteiger partial charge in [-0.15, -0.1) is 0 Å². The third kappa shape index (κ3) is 11.0. The van der Waals surface area contributed by atoms with Crippen molar-refractivity contribution in [3.05, 3.63) is 0 Å². The summed E-state index contributed by atoms with van der Waals surface area (Å²) in [7, 11) is 1.70. The molecule has 0 aromatic rings. The minimum atomic E-state index is -1.89. The van der Waals surface area contributed by atoms with Crippen molar-refractivity contribution in [2.45, 2.75) is 179 Å². The Labute approximate surface area is 333 Å². The van der Waals surface area contributed by atoms with E-state index in [0.29, 0.717) is 42.9 Å². The average Bonchev–Trinajstić information content (AvgIpc) is 3.38. The normalized spacial score (nSPS) is 40.7. The molecule has 8 nitrogen and oxygen atoms in total. The number of ether oxygens (including phenoxy) is 1. The van der Waals surface area contributed by atoms with Crippen LogP contribution < -0.4 is 16.2 Å². The SMILES string of the molecule is CCC[C@H](CO)[C@H]1C[C@@H](CC2CC[NH2+]C(N)C2)C[C@@H]2C#C[C@H](C3CCCCC3)C3C(CCC(=O)[C@H]([O-])C(=O)[C@H]2C1)CC(OC)C(O)C3CCC1CCCCC1. The van der Waals surface area contributed by atoms with E-state index in [2.05, 4.69) is 24.1 Å². The van der Waals surface area contributed by atoms with Crippen molar-refractivity contribution in [2.24, 2.45) is 76.7 Å². The second-order valence-electron chi connectivity index (χ2n) is 19.7. The van der Waals surface area contributed by atoms with Gasteiger partial charge in [-0.2, -0.15) is 0 Å². The first-order valence-electron chi connectivity index (χ1n) is 23.3. The highest BCUT2D eigenvalue weighted by Gasteiger charge is 2.49. The number of ketones is 2. The second-order valence-corrected chi connectivity index (χ2v) is 19.7. The van der Waals surface area contributed by atoms with E-state index < -0.39 is 29.7 Å². The van der Waals surface area contributed by atoms with E-state index in [0.717, 1.165) is 77.2 Å². The number of Topliss-reactive ketones (excluding diaryl/α,β-unsaturated/α-hetero) is 2. The molecule has 7 unspecified atom stereocenters.